The van der Waals surface area contributed by atoms with Gasteiger partial charge in [0.15, 0.2) is 0 Å². The predicted octanol–water partition coefficient (Wildman–Crippen LogP) is 2.98. The monoisotopic (exact) mass is 340 g/mol. The smallest absolute Gasteiger partial charge is 0.307 e. The van der Waals surface area contributed by atoms with Gasteiger partial charge in [0.05, 0.1) is 11.8 Å². The van der Waals surface area contributed by atoms with Crippen molar-refractivity contribution < 1.29 is 14.7 Å². The van der Waals surface area contributed by atoms with E-state index in [0.29, 0.717) is 18.7 Å². The number of aromatic nitrogens is 1. The maximum absolute atomic E-state index is 12.3. The van der Waals surface area contributed by atoms with Crippen molar-refractivity contribution in [3.05, 3.63) is 22.3 Å². The van der Waals surface area contributed by atoms with Gasteiger partial charge in [0.25, 0.3) is 0 Å². The van der Waals surface area contributed by atoms with Crippen LogP contribution in [-0.4, -0.2) is 22.0 Å². The summed E-state index contributed by atoms with van der Waals surface area (Å²) in [6.07, 6.45) is 4.59. The highest BCUT2D eigenvalue weighted by Crippen LogP contribution is 2.31. The van der Waals surface area contributed by atoms with Crippen LogP contribution in [0.25, 0.3) is 0 Å². The molecule has 0 aliphatic heterocycles. The zero-order chi connectivity index (χ0) is 14.7. The van der Waals surface area contributed by atoms with Gasteiger partial charge in [0.1, 0.15) is 5.82 Å². The van der Waals surface area contributed by atoms with Crippen molar-refractivity contribution in [3.63, 3.8) is 0 Å². The van der Waals surface area contributed by atoms with Gasteiger partial charge < -0.3 is 10.4 Å². The molecule has 0 radical (unpaired) electrons. The molecular formula is C14H17BrN2O3. The molecule has 2 rings (SSSR count). The van der Waals surface area contributed by atoms with E-state index < -0.39 is 17.8 Å². The van der Waals surface area contributed by atoms with Crippen LogP contribution in [0.1, 0.15) is 31.2 Å². The predicted molar refractivity (Wildman–Crippen MR) is 78.4 cm³/mol. The van der Waals surface area contributed by atoms with Crippen molar-refractivity contribution in [2.24, 2.45) is 11.8 Å². The Morgan fingerprint density at radius 3 is 2.60 bits per heavy atom. The molecular weight excluding hydrogens is 324 g/mol. The van der Waals surface area contributed by atoms with Crippen molar-refractivity contribution in [1.29, 1.82) is 0 Å². The van der Waals surface area contributed by atoms with E-state index in [-0.39, 0.29) is 5.91 Å². The number of carbonyl (C=O) groups excluding carboxylic acids is 1. The van der Waals surface area contributed by atoms with Gasteiger partial charge in [-0.1, -0.05) is 12.8 Å². The Hall–Kier alpha value is -1.43. The second-order valence-electron chi connectivity index (χ2n) is 5.14. The largest absolute Gasteiger partial charge is 0.481 e. The van der Waals surface area contributed by atoms with Gasteiger partial charge in [-0.15, -0.1) is 0 Å². The molecule has 1 saturated carbocycles. The first kappa shape index (κ1) is 15.0. The first-order chi connectivity index (χ1) is 9.49. The Balaban J connectivity index is 2.09. The minimum absolute atomic E-state index is 0.244. The minimum atomic E-state index is -0.884. The van der Waals surface area contributed by atoms with E-state index >= 15 is 0 Å². The number of aryl methyl sites for hydroxylation is 1. The second kappa shape index (κ2) is 6.35. The van der Waals surface area contributed by atoms with E-state index in [1.807, 2.05) is 6.92 Å². The number of halogens is 1. The first-order valence-electron chi connectivity index (χ1n) is 6.65. The molecule has 1 aromatic heterocycles. The number of carboxylic acids is 1. The van der Waals surface area contributed by atoms with Crippen LogP contribution < -0.4 is 5.32 Å². The van der Waals surface area contributed by atoms with Crippen LogP contribution in [0.15, 0.2) is 16.7 Å². The number of anilines is 1. The number of hydrogen-bond acceptors (Lipinski definition) is 3. The van der Waals surface area contributed by atoms with E-state index in [0.717, 1.165) is 22.9 Å². The van der Waals surface area contributed by atoms with E-state index in [4.69, 9.17) is 0 Å². The fourth-order valence-corrected chi connectivity index (χ4v) is 2.78. The van der Waals surface area contributed by atoms with Crippen molar-refractivity contribution in [2.45, 2.75) is 32.6 Å². The highest BCUT2D eigenvalue weighted by atomic mass is 79.9. The molecule has 5 nitrogen and oxygen atoms in total. The number of pyridine rings is 1. The van der Waals surface area contributed by atoms with Crippen LogP contribution in [0.3, 0.4) is 0 Å². The molecule has 0 saturated heterocycles. The molecule has 108 valence electrons. The zero-order valence-corrected chi connectivity index (χ0v) is 12.8. The van der Waals surface area contributed by atoms with Crippen LogP contribution >= 0.6 is 15.9 Å². The quantitative estimate of drug-likeness (QED) is 0.886. The number of nitrogens with one attached hydrogen (secondary N) is 1. The fourth-order valence-electron chi connectivity index (χ4n) is 2.57. The van der Waals surface area contributed by atoms with Crippen molar-refractivity contribution in [3.8, 4) is 0 Å². The lowest BCUT2D eigenvalue weighted by molar-refractivity contribution is -0.147. The van der Waals surface area contributed by atoms with Gasteiger partial charge in [0, 0.05) is 10.7 Å². The summed E-state index contributed by atoms with van der Waals surface area (Å²) >= 11 is 3.35. The summed E-state index contributed by atoms with van der Waals surface area (Å²) in [5.74, 6) is -1.71. The van der Waals surface area contributed by atoms with Gasteiger partial charge in [0.2, 0.25) is 5.91 Å². The first-order valence-corrected chi connectivity index (χ1v) is 7.44. The molecule has 1 amide bonds. The normalized spacial score (nSPS) is 22.3. The summed E-state index contributed by atoms with van der Waals surface area (Å²) in [7, 11) is 0. The third-order valence-electron chi connectivity index (χ3n) is 3.72. The molecule has 20 heavy (non-hydrogen) atoms. The van der Waals surface area contributed by atoms with Crippen LogP contribution in [0.4, 0.5) is 5.82 Å². The summed E-state index contributed by atoms with van der Waals surface area (Å²) in [6, 6.07) is 1.76. The van der Waals surface area contributed by atoms with Gasteiger partial charge in [-0.05, 0) is 47.3 Å². The van der Waals surface area contributed by atoms with Gasteiger partial charge in [-0.2, -0.15) is 0 Å². The molecule has 1 heterocycles. The van der Waals surface area contributed by atoms with Crippen LogP contribution in [0.2, 0.25) is 0 Å². The van der Waals surface area contributed by atoms with Gasteiger partial charge in [-0.3, -0.25) is 9.59 Å². The summed E-state index contributed by atoms with van der Waals surface area (Å²) in [5.41, 5.74) is 0.966. The second-order valence-corrected chi connectivity index (χ2v) is 6.00. The number of carboxylic acid groups (broad SMARTS) is 1. The van der Waals surface area contributed by atoms with E-state index in [2.05, 4.69) is 26.2 Å². The lowest BCUT2D eigenvalue weighted by Crippen LogP contribution is -2.36. The lowest BCUT2D eigenvalue weighted by atomic mass is 9.79. The summed E-state index contributed by atoms with van der Waals surface area (Å²) < 4.78 is 0.872. The molecule has 2 atom stereocenters. The number of hydrogen-bond donors (Lipinski definition) is 2. The maximum Gasteiger partial charge on any atom is 0.307 e. The Morgan fingerprint density at radius 1 is 1.35 bits per heavy atom. The number of nitrogens with zero attached hydrogens (tertiary/aromatic N) is 1. The molecule has 0 spiro atoms. The minimum Gasteiger partial charge on any atom is -0.481 e. The Kier molecular flexibility index (Phi) is 4.75. The highest BCUT2D eigenvalue weighted by Gasteiger charge is 2.35. The fraction of sp³-hybridized carbons (Fsp3) is 0.500. The molecule has 1 fully saturated rings. The van der Waals surface area contributed by atoms with Crippen LogP contribution in [-0.2, 0) is 9.59 Å². The Bertz CT molecular complexity index is 533. The number of carbonyl (C=O) groups is 2. The third-order valence-corrected chi connectivity index (χ3v) is 4.55. The topological polar surface area (TPSA) is 79.3 Å². The number of rotatable bonds is 3. The van der Waals surface area contributed by atoms with Crippen molar-refractivity contribution >= 4 is 33.6 Å². The summed E-state index contributed by atoms with van der Waals surface area (Å²) in [6.45, 7) is 1.90. The average molecular weight is 341 g/mol. The maximum atomic E-state index is 12.3. The molecule has 6 heteroatoms. The van der Waals surface area contributed by atoms with Crippen LogP contribution in [0, 0.1) is 18.8 Å². The van der Waals surface area contributed by atoms with E-state index in [1.54, 1.807) is 12.3 Å². The zero-order valence-electron chi connectivity index (χ0n) is 11.2. The summed E-state index contributed by atoms with van der Waals surface area (Å²) in [5, 5.41) is 11.9. The number of aliphatic carboxylic acids is 1. The lowest BCUT2D eigenvalue weighted by Gasteiger charge is -2.27. The highest BCUT2D eigenvalue weighted by molar-refractivity contribution is 9.10. The molecule has 0 unspecified atom stereocenters. The SMILES string of the molecule is Cc1cc(NC(=O)[C@@H]2CCCC[C@@H]2C(=O)O)ncc1Br. The molecule has 1 aliphatic rings. The Morgan fingerprint density at radius 2 is 2.00 bits per heavy atom. The standard InChI is InChI=1S/C14H17BrN2O3/c1-8-6-12(16-7-11(8)15)17-13(18)9-4-2-3-5-10(9)14(19)20/h6-7,9-10H,2-5H2,1H3,(H,19,20)(H,16,17,18)/t9-,10+/m1/s1. The van der Waals surface area contributed by atoms with Gasteiger partial charge >= 0.3 is 5.97 Å². The molecule has 0 aromatic carbocycles. The van der Waals surface area contributed by atoms with Crippen molar-refractivity contribution in [1.82, 2.24) is 4.98 Å². The average Bonchev–Trinajstić information content (AvgIpc) is 2.43. The van der Waals surface area contributed by atoms with E-state index in [9.17, 15) is 14.7 Å². The number of amides is 1. The van der Waals surface area contributed by atoms with Crippen molar-refractivity contribution in [2.75, 3.05) is 5.32 Å². The van der Waals surface area contributed by atoms with E-state index in [1.165, 1.54) is 0 Å². The summed E-state index contributed by atoms with van der Waals surface area (Å²) in [4.78, 5) is 27.6. The van der Waals surface area contributed by atoms with Crippen LogP contribution in [0.5, 0.6) is 0 Å². The molecule has 1 aromatic rings. The third kappa shape index (κ3) is 3.36. The van der Waals surface area contributed by atoms with Gasteiger partial charge in [-0.25, -0.2) is 4.98 Å². The molecule has 1 aliphatic carbocycles. The molecule has 0 bridgehead atoms. The Labute approximate surface area is 125 Å². The molecule has 2 N–H and O–H groups in total.